The molecule has 3 fully saturated rings. The van der Waals surface area contributed by atoms with Gasteiger partial charge in [0.05, 0.1) is 6.61 Å². The number of alkyl halides is 1. The van der Waals surface area contributed by atoms with Gasteiger partial charge in [-0.2, -0.15) is 4.98 Å². The van der Waals surface area contributed by atoms with Crippen molar-refractivity contribution in [1.82, 2.24) is 19.7 Å². The topological polar surface area (TPSA) is 242 Å². The molecule has 0 spiro atoms. The molecule has 0 aromatic carbocycles. The Bertz CT molecular complexity index is 1340. The predicted octanol–water partition coefficient (Wildman–Crippen LogP) is 2.89. The van der Waals surface area contributed by atoms with E-state index in [1.807, 2.05) is 0 Å². The molecule has 17 nitrogen and oxygen atoms in total. The number of carbonyl (C=O) groups is 2. The van der Waals surface area contributed by atoms with Crippen molar-refractivity contribution in [3.05, 3.63) is 33.2 Å². The fourth-order valence-corrected chi connectivity index (χ4v) is 7.52. The first kappa shape index (κ1) is 35.7. The van der Waals surface area contributed by atoms with Gasteiger partial charge in [0.1, 0.15) is 36.2 Å². The summed E-state index contributed by atoms with van der Waals surface area (Å²) in [6.45, 7) is 1.72. The summed E-state index contributed by atoms with van der Waals surface area (Å²) in [6.07, 6.45) is 2.54. The number of nitrogens with one attached hydrogen (secondary N) is 2. The molecule has 46 heavy (non-hydrogen) atoms. The van der Waals surface area contributed by atoms with Crippen molar-refractivity contribution in [2.45, 2.75) is 127 Å². The van der Waals surface area contributed by atoms with E-state index in [1.165, 1.54) is 19.9 Å². The molecule has 2 saturated carbocycles. The molecule has 6 atom stereocenters. The van der Waals surface area contributed by atoms with Crippen LogP contribution in [0.25, 0.3) is 10.4 Å². The molecule has 2 aliphatic carbocycles. The van der Waals surface area contributed by atoms with Crippen LogP contribution in [0, 0.1) is 0 Å². The van der Waals surface area contributed by atoms with E-state index in [-0.39, 0.29) is 18.0 Å². The van der Waals surface area contributed by atoms with E-state index >= 15 is 4.39 Å². The lowest BCUT2D eigenvalue weighted by Crippen LogP contribution is -2.47. The van der Waals surface area contributed by atoms with Gasteiger partial charge < -0.3 is 29.6 Å². The van der Waals surface area contributed by atoms with Gasteiger partial charge in [0, 0.05) is 11.1 Å². The average molecular weight is 673 g/mol. The van der Waals surface area contributed by atoms with E-state index < -0.39 is 68.2 Å². The third-order valence-electron chi connectivity index (χ3n) is 8.26. The molecule has 0 amide bonds. The number of azide groups is 1. The van der Waals surface area contributed by atoms with Gasteiger partial charge >= 0.3 is 25.3 Å². The average Bonchev–Trinajstić information content (AvgIpc) is 3.26. The maximum absolute atomic E-state index is 15.4. The highest BCUT2D eigenvalue weighted by Crippen LogP contribution is 2.45. The predicted molar refractivity (Wildman–Crippen MR) is 160 cm³/mol. The van der Waals surface area contributed by atoms with Crippen molar-refractivity contribution in [3.63, 3.8) is 0 Å². The maximum Gasteiger partial charge on any atom is 0.351 e. The first-order chi connectivity index (χ1) is 21.9. The minimum Gasteiger partial charge on any atom is -0.461 e. The smallest absolute Gasteiger partial charge is 0.351 e. The molecule has 2 heterocycles. The standard InChI is InChI=1S/C27H42FN8O9P/c1-16(24(38)43-18-9-5-3-6-10-18)32-46(41,33-17(2)25(39)44-19-11-7-4-8-12-19)42-15-27(34-35-30)22(37)21(28)23(45-27)36-14-13-20(29)31-26(36)40/h13-14,16-19,21-23,37H,3-12,15H2,1-2H3,(H2,29,31,40)(H2,32,33,41)/t16-,17-,21+,22-,23+,27+/m0/s1. The van der Waals surface area contributed by atoms with Gasteiger partial charge in [-0.05, 0) is 76.8 Å². The number of nitrogen functional groups attached to an aromatic ring is 1. The Morgan fingerprint density at radius 3 is 2.15 bits per heavy atom. The Hall–Kier alpha value is -3.11. The SMILES string of the molecule is C[C@H](NP(=O)(N[C@@H](C)C(=O)OC1CCCCC1)OC[C@@]1(N=[N+]=[N-])O[C@@H](n2ccc(N)nc2=O)[C@H](F)[C@@H]1O)C(=O)OC1CCCCC1. The largest absolute Gasteiger partial charge is 0.461 e. The Balaban J connectivity index is 1.54. The summed E-state index contributed by atoms with van der Waals surface area (Å²) in [4.78, 5) is 44.4. The molecule has 1 aromatic heterocycles. The van der Waals surface area contributed by atoms with Gasteiger partial charge in [-0.25, -0.2) is 19.4 Å². The van der Waals surface area contributed by atoms with E-state index in [1.54, 1.807) is 0 Å². The molecule has 5 N–H and O–H groups in total. The van der Waals surface area contributed by atoms with Gasteiger partial charge in [0.15, 0.2) is 12.4 Å². The number of halogens is 1. The first-order valence-corrected chi connectivity index (χ1v) is 17.1. The summed E-state index contributed by atoms with van der Waals surface area (Å²) in [6, 6.07) is -1.27. The molecule has 19 heteroatoms. The second kappa shape index (κ2) is 15.7. The Morgan fingerprint density at radius 1 is 1.15 bits per heavy atom. The number of esters is 2. The van der Waals surface area contributed by atoms with Crippen LogP contribution in [0.15, 0.2) is 22.2 Å². The molecule has 1 saturated heterocycles. The van der Waals surface area contributed by atoms with Gasteiger partial charge in [-0.3, -0.25) is 18.7 Å². The number of aliphatic hydroxyl groups excluding tert-OH is 1. The second-order valence-electron chi connectivity index (χ2n) is 11.9. The normalized spacial score (nSPS) is 27.3. The molecule has 0 radical (unpaired) electrons. The van der Waals surface area contributed by atoms with Crippen LogP contribution >= 0.6 is 7.67 Å². The molecule has 1 aromatic rings. The Labute approximate surface area is 264 Å². The lowest BCUT2D eigenvalue weighted by atomic mass is 9.98. The monoisotopic (exact) mass is 672 g/mol. The summed E-state index contributed by atoms with van der Waals surface area (Å²) >= 11 is 0. The summed E-state index contributed by atoms with van der Waals surface area (Å²) in [5.41, 5.74) is 11.2. The van der Waals surface area contributed by atoms with Crippen LogP contribution in [0.5, 0.6) is 0 Å². The Kier molecular flexibility index (Phi) is 12.2. The zero-order chi connectivity index (χ0) is 33.5. The number of nitrogens with two attached hydrogens (primary N) is 1. The van der Waals surface area contributed by atoms with Crippen LogP contribution in [-0.2, 0) is 32.9 Å². The quantitative estimate of drug-likeness (QED) is 0.0775. The van der Waals surface area contributed by atoms with Crippen LogP contribution < -0.4 is 21.6 Å². The van der Waals surface area contributed by atoms with Gasteiger partial charge in [-0.1, -0.05) is 18.0 Å². The second-order valence-corrected chi connectivity index (χ2v) is 13.8. The van der Waals surface area contributed by atoms with Crippen molar-refractivity contribution in [3.8, 4) is 0 Å². The lowest BCUT2D eigenvalue weighted by molar-refractivity contribution is -0.152. The highest BCUT2D eigenvalue weighted by atomic mass is 31.2. The van der Waals surface area contributed by atoms with Crippen molar-refractivity contribution in [2.75, 3.05) is 12.3 Å². The highest BCUT2D eigenvalue weighted by molar-refractivity contribution is 7.54. The molecule has 0 bridgehead atoms. The summed E-state index contributed by atoms with van der Waals surface area (Å²) in [7, 11) is -4.51. The van der Waals surface area contributed by atoms with Crippen LogP contribution in [0.4, 0.5) is 10.2 Å². The van der Waals surface area contributed by atoms with Crippen molar-refractivity contribution in [2.24, 2.45) is 5.11 Å². The highest BCUT2D eigenvalue weighted by Gasteiger charge is 2.57. The minimum absolute atomic E-state index is 0.148. The summed E-state index contributed by atoms with van der Waals surface area (Å²) in [5, 5.41) is 19.3. The van der Waals surface area contributed by atoms with E-state index in [0.717, 1.165) is 44.7 Å². The number of hydrogen-bond donors (Lipinski definition) is 4. The van der Waals surface area contributed by atoms with E-state index in [2.05, 4.69) is 25.2 Å². The zero-order valence-electron chi connectivity index (χ0n) is 25.8. The number of rotatable bonds is 13. The van der Waals surface area contributed by atoms with Crippen molar-refractivity contribution < 1.29 is 42.4 Å². The molecule has 1 aliphatic heterocycles. The number of ether oxygens (including phenoxy) is 3. The Morgan fingerprint density at radius 2 is 1.67 bits per heavy atom. The fraction of sp³-hybridized carbons (Fsp3) is 0.778. The first-order valence-electron chi connectivity index (χ1n) is 15.5. The maximum atomic E-state index is 15.4. The number of aromatic nitrogens is 2. The van der Waals surface area contributed by atoms with Crippen LogP contribution in [0.2, 0.25) is 0 Å². The number of nitrogens with zero attached hydrogens (tertiary/aromatic N) is 5. The molecule has 256 valence electrons. The minimum atomic E-state index is -4.51. The van der Waals surface area contributed by atoms with E-state index in [4.69, 9.17) is 24.5 Å². The van der Waals surface area contributed by atoms with Crippen LogP contribution in [0.3, 0.4) is 0 Å². The zero-order valence-corrected chi connectivity index (χ0v) is 26.7. The number of hydrogen-bond acceptors (Lipinski definition) is 12. The van der Waals surface area contributed by atoms with Gasteiger partial charge in [0.2, 0.25) is 5.72 Å². The summed E-state index contributed by atoms with van der Waals surface area (Å²) in [5.74, 6) is -1.60. The third kappa shape index (κ3) is 8.82. The number of aliphatic hydroxyl groups is 1. The molecule has 4 rings (SSSR count). The van der Waals surface area contributed by atoms with Gasteiger partial charge in [0.25, 0.3) is 0 Å². The van der Waals surface area contributed by atoms with Crippen molar-refractivity contribution in [1.29, 1.82) is 0 Å². The summed E-state index contributed by atoms with van der Waals surface area (Å²) < 4.78 is 52.7. The lowest BCUT2D eigenvalue weighted by Gasteiger charge is -2.32. The van der Waals surface area contributed by atoms with Crippen LogP contribution in [-0.4, -0.2) is 75.5 Å². The molecular weight excluding hydrogens is 630 g/mol. The molecule has 0 unspecified atom stereocenters. The van der Waals surface area contributed by atoms with Gasteiger partial charge in [-0.15, -0.1) is 0 Å². The van der Waals surface area contributed by atoms with Crippen molar-refractivity contribution >= 4 is 25.4 Å². The van der Waals surface area contributed by atoms with E-state index in [0.29, 0.717) is 30.3 Å². The fourth-order valence-electron chi connectivity index (χ4n) is 5.69. The third-order valence-corrected chi connectivity index (χ3v) is 10.2. The number of anilines is 1. The molecular formula is C27H42FN8O9P. The van der Waals surface area contributed by atoms with E-state index in [9.17, 15) is 29.6 Å². The number of carbonyl (C=O) groups excluding carboxylic acids is 2. The van der Waals surface area contributed by atoms with Crippen LogP contribution in [0.1, 0.15) is 84.3 Å². The molecule has 3 aliphatic rings.